The van der Waals surface area contributed by atoms with E-state index >= 15 is 0 Å². The number of carbonyl (C=O) groups is 1. The van der Waals surface area contributed by atoms with Gasteiger partial charge in [-0.1, -0.05) is 0 Å². The number of benzene rings is 1. The number of hydrogen-bond acceptors (Lipinski definition) is 6. The zero-order valence-corrected chi connectivity index (χ0v) is 12.7. The van der Waals surface area contributed by atoms with Crippen molar-refractivity contribution in [1.29, 1.82) is 5.26 Å². The minimum Gasteiger partial charge on any atom is -0.472 e. The smallest absolute Gasteiger partial charge is 0.293 e. The molecule has 1 aliphatic rings. The maximum atomic E-state index is 12.3. The molecule has 0 aliphatic carbocycles. The molecule has 0 N–H and O–H groups in total. The van der Waals surface area contributed by atoms with Crippen molar-refractivity contribution in [2.75, 3.05) is 31.1 Å². The SMILES string of the molecule is N#Cc1ccc(N2CCN(C(=O)c3ccoc3)CC2)c([N+](=O)[O-])c1. The van der Waals surface area contributed by atoms with Crippen molar-refractivity contribution in [3.63, 3.8) is 0 Å². The average Bonchev–Trinajstić information content (AvgIpc) is 3.15. The molecule has 1 aliphatic heterocycles. The first kappa shape index (κ1) is 15.6. The minimum absolute atomic E-state index is 0.0938. The second-order valence-electron chi connectivity index (χ2n) is 5.36. The predicted molar refractivity (Wildman–Crippen MR) is 84.6 cm³/mol. The van der Waals surface area contributed by atoms with Crippen LogP contribution in [-0.4, -0.2) is 41.9 Å². The van der Waals surface area contributed by atoms with E-state index in [2.05, 4.69) is 0 Å². The molecule has 0 spiro atoms. The number of hydrogen-bond donors (Lipinski definition) is 0. The van der Waals surface area contributed by atoms with Crippen LogP contribution >= 0.6 is 0 Å². The van der Waals surface area contributed by atoms with Gasteiger partial charge in [0.2, 0.25) is 0 Å². The first-order valence-electron chi connectivity index (χ1n) is 7.35. The average molecular weight is 326 g/mol. The summed E-state index contributed by atoms with van der Waals surface area (Å²) in [7, 11) is 0. The van der Waals surface area contributed by atoms with Gasteiger partial charge in [-0.15, -0.1) is 0 Å². The number of furan rings is 1. The number of carbonyl (C=O) groups excluding carboxylic acids is 1. The lowest BCUT2D eigenvalue weighted by atomic mass is 10.1. The first-order valence-corrected chi connectivity index (χ1v) is 7.35. The molecule has 1 aromatic carbocycles. The topological polar surface area (TPSA) is 104 Å². The summed E-state index contributed by atoms with van der Waals surface area (Å²) < 4.78 is 4.92. The molecule has 1 aromatic heterocycles. The number of nitro groups is 1. The molecule has 122 valence electrons. The quantitative estimate of drug-likeness (QED) is 0.631. The fraction of sp³-hybridized carbons (Fsp3) is 0.250. The molecule has 3 rings (SSSR count). The normalized spacial score (nSPS) is 14.3. The minimum atomic E-state index is -0.487. The van der Waals surface area contributed by atoms with Gasteiger partial charge in [-0.3, -0.25) is 14.9 Å². The van der Waals surface area contributed by atoms with E-state index in [4.69, 9.17) is 9.68 Å². The number of anilines is 1. The van der Waals surface area contributed by atoms with Crippen LogP contribution in [0.15, 0.2) is 41.2 Å². The second kappa shape index (κ2) is 6.42. The molecule has 2 heterocycles. The van der Waals surface area contributed by atoms with Crippen LogP contribution in [0.3, 0.4) is 0 Å². The van der Waals surface area contributed by atoms with Gasteiger partial charge in [0.1, 0.15) is 12.0 Å². The summed E-state index contributed by atoms with van der Waals surface area (Å²) in [6, 6.07) is 7.94. The Labute approximate surface area is 137 Å². The lowest BCUT2D eigenvalue weighted by Crippen LogP contribution is -2.48. The van der Waals surface area contributed by atoms with Crippen LogP contribution in [0.5, 0.6) is 0 Å². The molecule has 1 fully saturated rings. The lowest BCUT2D eigenvalue weighted by molar-refractivity contribution is -0.384. The maximum Gasteiger partial charge on any atom is 0.293 e. The van der Waals surface area contributed by atoms with Gasteiger partial charge in [-0.25, -0.2) is 0 Å². The molecule has 24 heavy (non-hydrogen) atoms. The first-order chi connectivity index (χ1) is 11.6. The van der Waals surface area contributed by atoms with E-state index in [9.17, 15) is 14.9 Å². The Hall–Kier alpha value is -3.34. The molecule has 1 saturated heterocycles. The van der Waals surface area contributed by atoms with Gasteiger partial charge >= 0.3 is 0 Å². The Balaban J connectivity index is 1.74. The Morgan fingerprint density at radius 2 is 2.00 bits per heavy atom. The van der Waals surface area contributed by atoms with Crippen LogP contribution in [-0.2, 0) is 0 Å². The summed E-state index contributed by atoms with van der Waals surface area (Å²) in [4.78, 5) is 26.6. The molecule has 8 heteroatoms. The van der Waals surface area contributed by atoms with Crippen molar-refractivity contribution in [2.24, 2.45) is 0 Å². The Morgan fingerprint density at radius 1 is 1.25 bits per heavy atom. The summed E-state index contributed by atoms with van der Waals surface area (Å²) in [5.74, 6) is -0.113. The molecule has 0 radical (unpaired) electrons. The van der Waals surface area contributed by atoms with Gasteiger partial charge in [0.05, 0.1) is 28.4 Å². The van der Waals surface area contributed by atoms with Crippen LogP contribution in [0.2, 0.25) is 0 Å². The number of rotatable bonds is 3. The highest BCUT2D eigenvalue weighted by molar-refractivity contribution is 5.94. The number of nitriles is 1. The number of nitrogens with zero attached hydrogens (tertiary/aromatic N) is 4. The predicted octanol–water partition coefficient (Wildman–Crippen LogP) is 2.02. The zero-order valence-electron chi connectivity index (χ0n) is 12.7. The molecule has 2 aromatic rings. The largest absolute Gasteiger partial charge is 0.472 e. The van der Waals surface area contributed by atoms with Gasteiger partial charge in [-0.2, -0.15) is 5.26 Å². The molecule has 0 bridgehead atoms. The van der Waals surface area contributed by atoms with Gasteiger partial charge in [0.25, 0.3) is 11.6 Å². The fourth-order valence-corrected chi connectivity index (χ4v) is 2.73. The Kier molecular flexibility index (Phi) is 4.16. The highest BCUT2D eigenvalue weighted by atomic mass is 16.6. The molecule has 0 unspecified atom stereocenters. The third-order valence-corrected chi connectivity index (χ3v) is 3.98. The van der Waals surface area contributed by atoms with E-state index in [1.165, 1.54) is 18.6 Å². The molecular weight excluding hydrogens is 312 g/mol. The highest BCUT2D eigenvalue weighted by Crippen LogP contribution is 2.30. The van der Waals surface area contributed by atoms with Crippen LogP contribution in [0.4, 0.5) is 11.4 Å². The van der Waals surface area contributed by atoms with E-state index < -0.39 is 4.92 Å². The molecule has 0 saturated carbocycles. The van der Waals surface area contributed by atoms with Gasteiger partial charge in [0, 0.05) is 32.2 Å². The third-order valence-electron chi connectivity index (χ3n) is 3.98. The molecule has 0 atom stereocenters. The van der Waals surface area contributed by atoms with Crippen LogP contribution < -0.4 is 4.90 Å². The Morgan fingerprint density at radius 3 is 2.58 bits per heavy atom. The molecular formula is C16H14N4O4. The number of nitro benzene ring substituents is 1. The van der Waals surface area contributed by atoms with E-state index in [1.54, 1.807) is 23.1 Å². The van der Waals surface area contributed by atoms with Gasteiger partial charge < -0.3 is 14.2 Å². The number of piperazine rings is 1. The number of amides is 1. The van der Waals surface area contributed by atoms with Crippen LogP contribution in [0.1, 0.15) is 15.9 Å². The summed E-state index contributed by atoms with van der Waals surface area (Å²) in [5.41, 5.74) is 1.12. The zero-order chi connectivity index (χ0) is 17.1. The standard InChI is InChI=1S/C16H14N4O4/c17-10-12-1-2-14(15(9-12)20(22)23)18-4-6-19(7-5-18)16(21)13-3-8-24-11-13/h1-3,8-9,11H,4-7H2. The Bertz CT molecular complexity index is 802. The van der Waals surface area contributed by atoms with E-state index in [1.807, 2.05) is 11.0 Å². The fourth-order valence-electron chi connectivity index (χ4n) is 2.73. The van der Waals surface area contributed by atoms with Crippen LogP contribution in [0, 0.1) is 21.4 Å². The molecule has 1 amide bonds. The van der Waals surface area contributed by atoms with E-state index in [-0.39, 0.29) is 17.2 Å². The van der Waals surface area contributed by atoms with E-state index in [0.29, 0.717) is 37.4 Å². The van der Waals surface area contributed by atoms with Crippen molar-refractivity contribution < 1.29 is 14.1 Å². The van der Waals surface area contributed by atoms with Crippen LogP contribution in [0.25, 0.3) is 0 Å². The van der Waals surface area contributed by atoms with Crippen molar-refractivity contribution in [1.82, 2.24) is 4.90 Å². The van der Waals surface area contributed by atoms with Crippen molar-refractivity contribution >= 4 is 17.3 Å². The van der Waals surface area contributed by atoms with Gasteiger partial charge in [-0.05, 0) is 18.2 Å². The summed E-state index contributed by atoms with van der Waals surface area (Å²) in [6.07, 6.45) is 2.85. The third kappa shape index (κ3) is 2.92. The van der Waals surface area contributed by atoms with E-state index in [0.717, 1.165) is 0 Å². The summed E-state index contributed by atoms with van der Waals surface area (Å²) >= 11 is 0. The van der Waals surface area contributed by atoms with Crippen molar-refractivity contribution in [3.8, 4) is 6.07 Å². The summed E-state index contributed by atoms with van der Waals surface area (Å²) in [6.45, 7) is 1.88. The van der Waals surface area contributed by atoms with Crippen molar-refractivity contribution in [3.05, 3.63) is 58.0 Å². The second-order valence-corrected chi connectivity index (χ2v) is 5.36. The highest BCUT2D eigenvalue weighted by Gasteiger charge is 2.26. The summed E-state index contributed by atoms with van der Waals surface area (Å²) in [5, 5.41) is 20.1. The maximum absolute atomic E-state index is 12.3. The van der Waals surface area contributed by atoms with Crippen molar-refractivity contribution in [2.45, 2.75) is 0 Å². The monoisotopic (exact) mass is 326 g/mol. The molecule has 8 nitrogen and oxygen atoms in total. The lowest BCUT2D eigenvalue weighted by Gasteiger charge is -2.35. The van der Waals surface area contributed by atoms with Gasteiger partial charge in [0.15, 0.2) is 0 Å².